The van der Waals surface area contributed by atoms with Crippen molar-refractivity contribution < 1.29 is 4.74 Å². The summed E-state index contributed by atoms with van der Waals surface area (Å²) in [6, 6.07) is 49.6. The third-order valence-electron chi connectivity index (χ3n) is 8.45. The van der Waals surface area contributed by atoms with Crippen LogP contribution in [0.4, 0.5) is 34.1 Å². The first-order valence-corrected chi connectivity index (χ1v) is 14.5. The van der Waals surface area contributed by atoms with E-state index in [-0.39, 0.29) is 6.71 Å². The van der Waals surface area contributed by atoms with Crippen molar-refractivity contribution in [2.24, 2.45) is 0 Å². The Bertz CT molecular complexity index is 1900. The molecule has 0 bridgehead atoms. The molecule has 2 heterocycles. The Balaban J connectivity index is 1.47. The number of hydrogen-bond acceptors (Lipinski definition) is 3. The fourth-order valence-corrected chi connectivity index (χ4v) is 6.80. The topological polar surface area (TPSA) is 15.7 Å². The Labute approximate surface area is 247 Å². The zero-order valence-electron chi connectivity index (χ0n) is 23.7. The van der Waals surface area contributed by atoms with Crippen LogP contribution in [0.3, 0.4) is 0 Å². The quantitative estimate of drug-likeness (QED) is 0.210. The fourth-order valence-electron chi connectivity index (χ4n) is 6.80. The molecule has 0 N–H and O–H groups in total. The third kappa shape index (κ3) is 3.76. The average molecular weight is 540 g/mol. The molecule has 0 aliphatic carbocycles. The molecule has 0 saturated carbocycles. The first-order valence-electron chi connectivity index (χ1n) is 14.5. The van der Waals surface area contributed by atoms with Crippen LogP contribution >= 0.6 is 0 Å². The Morgan fingerprint density at radius 3 is 1.90 bits per heavy atom. The standard InChI is InChI=1S/C38H29BN2O/c1-26-24-27(2)36-35(25-26)42-38-34(40(28-14-6-3-7-15-28)29-16-8-4-9-17-29)23-22-33-37(38)39(36)31-20-12-13-21-32(31)41(33)30-18-10-5-11-19-30/h3-25H,1-2H3. The van der Waals surface area contributed by atoms with Gasteiger partial charge in [0, 0.05) is 28.4 Å². The first kappa shape index (κ1) is 24.6. The zero-order chi connectivity index (χ0) is 28.2. The summed E-state index contributed by atoms with van der Waals surface area (Å²) in [4.78, 5) is 4.70. The summed E-state index contributed by atoms with van der Waals surface area (Å²) in [5, 5.41) is 0. The van der Waals surface area contributed by atoms with Crippen LogP contribution in [0, 0.1) is 13.8 Å². The predicted octanol–water partition coefficient (Wildman–Crippen LogP) is 8.18. The van der Waals surface area contributed by atoms with Gasteiger partial charge in [-0.3, -0.25) is 0 Å². The van der Waals surface area contributed by atoms with Crippen molar-refractivity contribution in [2.75, 3.05) is 9.80 Å². The lowest BCUT2D eigenvalue weighted by Gasteiger charge is -2.42. The molecule has 0 saturated heterocycles. The summed E-state index contributed by atoms with van der Waals surface area (Å²) in [7, 11) is 0. The molecule has 8 rings (SSSR count). The molecule has 0 spiro atoms. The van der Waals surface area contributed by atoms with Crippen molar-refractivity contribution in [3.8, 4) is 11.5 Å². The van der Waals surface area contributed by atoms with Crippen LogP contribution in [0.5, 0.6) is 11.5 Å². The summed E-state index contributed by atoms with van der Waals surface area (Å²) in [6.45, 7) is 4.41. The van der Waals surface area contributed by atoms with E-state index in [1.165, 1.54) is 33.2 Å². The van der Waals surface area contributed by atoms with Crippen LogP contribution in [0.25, 0.3) is 0 Å². The molecule has 0 aromatic heterocycles. The zero-order valence-corrected chi connectivity index (χ0v) is 23.7. The maximum Gasteiger partial charge on any atom is 0.256 e. The van der Waals surface area contributed by atoms with E-state index >= 15 is 0 Å². The normalized spacial score (nSPS) is 12.6. The maximum absolute atomic E-state index is 7.07. The molecule has 4 heteroatoms. The van der Waals surface area contributed by atoms with Crippen LogP contribution in [0.1, 0.15) is 11.1 Å². The molecule has 2 aliphatic rings. The third-order valence-corrected chi connectivity index (χ3v) is 8.45. The van der Waals surface area contributed by atoms with Gasteiger partial charge >= 0.3 is 0 Å². The number of hydrogen-bond donors (Lipinski definition) is 0. The van der Waals surface area contributed by atoms with E-state index in [0.717, 1.165) is 39.9 Å². The van der Waals surface area contributed by atoms with E-state index in [1.54, 1.807) is 0 Å². The molecule has 0 fully saturated rings. The molecule has 2 aliphatic heterocycles. The lowest BCUT2D eigenvalue weighted by molar-refractivity contribution is 0.488. The second kappa shape index (κ2) is 9.71. The van der Waals surface area contributed by atoms with Gasteiger partial charge in [0.25, 0.3) is 6.71 Å². The number of benzene rings is 6. The molecule has 3 nitrogen and oxygen atoms in total. The smallest absolute Gasteiger partial charge is 0.256 e. The molecular weight excluding hydrogens is 511 g/mol. The van der Waals surface area contributed by atoms with Gasteiger partial charge in [0.15, 0.2) is 0 Å². The van der Waals surface area contributed by atoms with Gasteiger partial charge in [-0.05, 0) is 96.5 Å². The van der Waals surface area contributed by atoms with Gasteiger partial charge in [-0.1, -0.05) is 84.4 Å². The molecule has 0 atom stereocenters. The van der Waals surface area contributed by atoms with E-state index < -0.39 is 0 Å². The van der Waals surface area contributed by atoms with Crippen LogP contribution in [0.15, 0.2) is 140 Å². The van der Waals surface area contributed by atoms with Crippen molar-refractivity contribution in [1.82, 2.24) is 0 Å². The molecular formula is C38H29BN2O. The average Bonchev–Trinajstić information content (AvgIpc) is 3.03. The first-order chi connectivity index (χ1) is 20.7. The number of nitrogens with zero attached hydrogens (tertiary/aromatic N) is 2. The van der Waals surface area contributed by atoms with Crippen LogP contribution in [-0.4, -0.2) is 6.71 Å². The highest BCUT2D eigenvalue weighted by Gasteiger charge is 2.44. The molecule has 42 heavy (non-hydrogen) atoms. The largest absolute Gasteiger partial charge is 0.456 e. The summed E-state index contributed by atoms with van der Waals surface area (Å²) in [5.74, 6) is 1.84. The fraction of sp³-hybridized carbons (Fsp3) is 0.0526. The van der Waals surface area contributed by atoms with E-state index in [9.17, 15) is 0 Å². The van der Waals surface area contributed by atoms with Crippen LogP contribution < -0.4 is 30.9 Å². The molecule has 6 aromatic carbocycles. The Kier molecular flexibility index (Phi) is 5.68. The minimum absolute atomic E-state index is 0.0452. The van der Waals surface area contributed by atoms with Gasteiger partial charge < -0.3 is 14.5 Å². The second-order valence-corrected chi connectivity index (χ2v) is 11.1. The number of ether oxygens (including phenoxy) is 1. The van der Waals surface area contributed by atoms with Gasteiger partial charge in [-0.15, -0.1) is 0 Å². The molecule has 0 amide bonds. The highest BCUT2D eigenvalue weighted by Crippen LogP contribution is 2.47. The van der Waals surface area contributed by atoms with E-state index in [0.29, 0.717) is 0 Å². The van der Waals surface area contributed by atoms with Crippen molar-refractivity contribution in [2.45, 2.75) is 13.8 Å². The summed E-state index contributed by atoms with van der Waals surface area (Å²) < 4.78 is 7.07. The molecule has 0 radical (unpaired) electrons. The second-order valence-electron chi connectivity index (χ2n) is 11.1. The molecule has 200 valence electrons. The number of rotatable bonds is 4. The number of para-hydroxylation sites is 4. The summed E-state index contributed by atoms with van der Waals surface area (Å²) >= 11 is 0. The molecule has 0 unspecified atom stereocenters. The Morgan fingerprint density at radius 2 is 1.21 bits per heavy atom. The highest BCUT2D eigenvalue weighted by atomic mass is 16.5. The summed E-state index contributed by atoms with van der Waals surface area (Å²) in [6.07, 6.45) is 0. The number of fused-ring (bicyclic) bond motifs is 4. The monoisotopic (exact) mass is 540 g/mol. The maximum atomic E-state index is 7.07. The predicted molar refractivity (Wildman–Crippen MR) is 176 cm³/mol. The Morgan fingerprint density at radius 1 is 0.595 bits per heavy atom. The SMILES string of the molecule is Cc1cc(C)c2c(c1)Oc1c(N(c3ccccc3)c3ccccc3)ccc3c1B2c1ccccc1N3c1ccccc1. The van der Waals surface area contributed by atoms with E-state index in [2.05, 4.69) is 163 Å². The lowest BCUT2D eigenvalue weighted by atomic mass is 9.33. The van der Waals surface area contributed by atoms with Crippen molar-refractivity contribution in [1.29, 1.82) is 0 Å². The van der Waals surface area contributed by atoms with Crippen LogP contribution in [-0.2, 0) is 0 Å². The number of anilines is 6. The highest BCUT2D eigenvalue weighted by molar-refractivity contribution is 6.99. The van der Waals surface area contributed by atoms with Gasteiger partial charge in [0.2, 0.25) is 0 Å². The lowest BCUT2D eigenvalue weighted by Crippen LogP contribution is -2.60. The number of aryl methyl sites for hydroxylation is 2. The van der Waals surface area contributed by atoms with Crippen molar-refractivity contribution in [3.05, 3.63) is 151 Å². The van der Waals surface area contributed by atoms with Gasteiger partial charge in [0.1, 0.15) is 11.5 Å². The van der Waals surface area contributed by atoms with Crippen molar-refractivity contribution >= 4 is 57.2 Å². The van der Waals surface area contributed by atoms with Gasteiger partial charge in [-0.25, -0.2) is 0 Å². The summed E-state index contributed by atoms with van der Waals surface area (Å²) in [5.41, 5.74) is 12.9. The van der Waals surface area contributed by atoms with Gasteiger partial charge in [0.05, 0.1) is 5.69 Å². The van der Waals surface area contributed by atoms with E-state index in [4.69, 9.17) is 4.74 Å². The molecule has 6 aromatic rings. The van der Waals surface area contributed by atoms with Gasteiger partial charge in [-0.2, -0.15) is 0 Å². The van der Waals surface area contributed by atoms with E-state index in [1.807, 2.05) is 0 Å². The van der Waals surface area contributed by atoms with Crippen molar-refractivity contribution in [3.63, 3.8) is 0 Å². The minimum atomic E-state index is 0.0452. The Hall–Kier alpha value is -5.22. The minimum Gasteiger partial charge on any atom is -0.456 e. The van der Waals surface area contributed by atoms with Crippen LogP contribution in [0.2, 0.25) is 0 Å².